The predicted octanol–water partition coefficient (Wildman–Crippen LogP) is 1.50. The average molecular weight is 320 g/mol. The summed E-state index contributed by atoms with van der Waals surface area (Å²) in [6.07, 6.45) is 1.93. The number of hydrogen-bond donors (Lipinski definition) is 1. The number of carbonyl (C=O) groups excluding carboxylic acids is 1. The number of rotatable bonds is 5. The molecule has 0 saturated carbocycles. The van der Waals surface area contributed by atoms with Gasteiger partial charge in [-0.3, -0.25) is 4.79 Å². The summed E-state index contributed by atoms with van der Waals surface area (Å²) in [7, 11) is 4.13. The molecule has 1 saturated heterocycles. The van der Waals surface area contributed by atoms with Crippen molar-refractivity contribution in [2.24, 2.45) is 5.41 Å². The Morgan fingerprint density at radius 2 is 1.96 bits per heavy atom. The summed E-state index contributed by atoms with van der Waals surface area (Å²) in [4.78, 5) is 14.6. The van der Waals surface area contributed by atoms with E-state index in [0.717, 1.165) is 32.6 Å². The van der Waals surface area contributed by atoms with Gasteiger partial charge in [0.05, 0.1) is 0 Å². The topological polar surface area (TPSA) is 60.0 Å². The van der Waals surface area contributed by atoms with E-state index in [4.69, 9.17) is 14.2 Å². The molecule has 126 valence electrons. The van der Waals surface area contributed by atoms with Crippen LogP contribution in [0.15, 0.2) is 18.2 Å². The molecule has 1 amide bonds. The largest absolute Gasteiger partial charge is 0.454 e. The summed E-state index contributed by atoms with van der Waals surface area (Å²) in [5, 5.41) is 3.09. The van der Waals surface area contributed by atoms with Gasteiger partial charge in [-0.1, -0.05) is 0 Å². The van der Waals surface area contributed by atoms with Gasteiger partial charge >= 0.3 is 0 Å². The normalized spacial score (nSPS) is 18.9. The molecule has 0 aromatic heterocycles. The second-order valence-corrected chi connectivity index (χ2v) is 6.60. The van der Waals surface area contributed by atoms with Gasteiger partial charge in [0.25, 0.3) is 5.91 Å². The fourth-order valence-electron chi connectivity index (χ4n) is 3.27. The standard InChI is InChI=1S/C17H24N2O4/c1-19(2)11-17(5-7-21-8-6-17)10-18-16(20)13-3-4-14-15(9-13)23-12-22-14/h3-4,9H,5-8,10-12H2,1-2H3,(H,18,20). The van der Waals surface area contributed by atoms with Gasteiger partial charge in [-0.25, -0.2) is 0 Å². The Morgan fingerprint density at radius 3 is 2.70 bits per heavy atom. The number of nitrogens with zero attached hydrogens (tertiary/aromatic N) is 1. The van der Waals surface area contributed by atoms with Gasteiger partial charge in [0.2, 0.25) is 6.79 Å². The Morgan fingerprint density at radius 1 is 1.22 bits per heavy atom. The van der Waals surface area contributed by atoms with Crippen molar-refractivity contribution in [1.29, 1.82) is 0 Å². The maximum absolute atomic E-state index is 12.5. The monoisotopic (exact) mass is 320 g/mol. The molecule has 3 rings (SSSR count). The number of nitrogens with one attached hydrogen (secondary N) is 1. The van der Waals surface area contributed by atoms with Crippen LogP contribution in [0.4, 0.5) is 0 Å². The van der Waals surface area contributed by atoms with Crippen LogP contribution in [-0.4, -0.2) is 58.0 Å². The minimum Gasteiger partial charge on any atom is -0.454 e. The van der Waals surface area contributed by atoms with E-state index in [-0.39, 0.29) is 18.1 Å². The summed E-state index contributed by atoms with van der Waals surface area (Å²) in [6, 6.07) is 5.28. The molecular weight excluding hydrogens is 296 g/mol. The molecule has 0 atom stereocenters. The molecule has 0 radical (unpaired) electrons. The third-order valence-electron chi connectivity index (χ3n) is 4.46. The third kappa shape index (κ3) is 3.76. The first-order valence-electron chi connectivity index (χ1n) is 7.98. The van der Waals surface area contributed by atoms with Gasteiger partial charge in [-0.2, -0.15) is 0 Å². The van der Waals surface area contributed by atoms with Crippen LogP contribution < -0.4 is 14.8 Å². The van der Waals surface area contributed by atoms with E-state index in [2.05, 4.69) is 24.3 Å². The summed E-state index contributed by atoms with van der Waals surface area (Å²) in [6.45, 7) is 3.33. The molecule has 2 heterocycles. The zero-order chi connectivity index (χ0) is 16.3. The van der Waals surface area contributed by atoms with Crippen LogP contribution in [-0.2, 0) is 4.74 Å². The van der Waals surface area contributed by atoms with Crippen molar-refractivity contribution in [3.63, 3.8) is 0 Å². The minimum atomic E-state index is -0.0760. The van der Waals surface area contributed by atoms with E-state index in [0.29, 0.717) is 23.6 Å². The Bertz CT molecular complexity index is 568. The van der Waals surface area contributed by atoms with Crippen molar-refractivity contribution < 1.29 is 19.0 Å². The molecular formula is C17H24N2O4. The molecule has 0 aliphatic carbocycles. The number of amides is 1. The van der Waals surface area contributed by atoms with Gasteiger partial charge in [-0.15, -0.1) is 0 Å². The second kappa shape index (κ2) is 6.76. The molecule has 2 aliphatic rings. The SMILES string of the molecule is CN(C)CC1(CNC(=O)c2ccc3c(c2)OCO3)CCOCC1. The van der Waals surface area contributed by atoms with Crippen molar-refractivity contribution in [3.05, 3.63) is 23.8 Å². The van der Waals surface area contributed by atoms with E-state index in [1.54, 1.807) is 18.2 Å². The minimum absolute atomic E-state index is 0.0760. The zero-order valence-electron chi connectivity index (χ0n) is 13.8. The highest BCUT2D eigenvalue weighted by atomic mass is 16.7. The van der Waals surface area contributed by atoms with Crippen LogP contribution in [0.1, 0.15) is 23.2 Å². The van der Waals surface area contributed by atoms with Crippen LogP contribution in [0.5, 0.6) is 11.5 Å². The molecule has 1 aromatic carbocycles. The van der Waals surface area contributed by atoms with Crippen molar-refractivity contribution in [2.75, 3.05) is 47.2 Å². The van der Waals surface area contributed by atoms with Gasteiger partial charge in [0.1, 0.15) is 0 Å². The number of benzene rings is 1. The van der Waals surface area contributed by atoms with Crippen molar-refractivity contribution in [2.45, 2.75) is 12.8 Å². The lowest BCUT2D eigenvalue weighted by atomic mass is 9.79. The van der Waals surface area contributed by atoms with Crippen LogP contribution in [0.2, 0.25) is 0 Å². The Labute approximate surface area is 136 Å². The quantitative estimate of drug-likeness (QED) is 0.891. The summed E-state index contributed by atoms with van der Waals surface area (Å²) in [5.74, 6) is 1.25. The number of fused-ring (bicyclic) bond motifs is 1. The highest BCUT2D eigenvalue weighted by molar-refractivity contribution is 5.94. The van der Waals surface area contributed by atoms with E-state index in [1.165, 1.54) is 0 Å². The molecule has 1 fully saturated rings. The summed E-state index contributed by atoms with van der Waals surface area (Å²) < 4.78 is 16.1. The van der Waals surface area contributed by atoms with Crippen molar-refractivity contribution in [1.82, 2.24) is 10.2 Å². The van der Waals surface area contributed by atoms with Crippen LogP contribution in [0.3, 0.4) is 0 Å². The van der Waals surface area contributed by atoms with E-state index in [1.807, 2.05) is 0 Å². The second-order valence-electron chi connectivity index (χ2n) is 6.60. The fourth-order valence-corrected chi connectivity index (χ4v) is 3.27. The van der Waals surface area contributed by atoms with Gasteiger partial charge < -0.3 is 24.4 Å². The summed E-state index contributed by atoms with van der Waals surface area (Å²) >= 11 is 0. The van der Waals surface area contributed by atoms with E-state index in [9.17, 15) is 4.79 Å². The molecule has 2 aliphatic heterocycles. The van der Waals surface area contributed by atoms with Crippen LogP contribution in [0, 0.1) is 5.41 Å². The van der Waals surface area contributed by atoms with E-state index >= 15 is 0 Å². The first kappa shape index (κ1) is 16.1. The lowest BCUT2D eigenvalue weighted by molar-refractivity contribution is 0.00285. The lowest BCUT2D eigenvalue weighted by Gasteiger charge is -2.39. The fraction of sp³-hybridized carbons (Fsp3) is 0.588. The number of carbonyl (C=O) groups is 1. The molecule has 1 aromatic rings. The Kier molecular flexibility index (Phi) is 4.73. The van der Waals surface area contributed by atoms with Gasteiger partial charge in [0, 0.05) is 37.3 Å². The molecule has 0 unspecified atom stereocenters. The van der Waals surface area contributed by atoms with E-state index < -0.39 is 0 Å². The van der Waals surface area contributed by atoms with Gasteiger partial charge in [0.15, 0.2) is 11.5 Å². The molecule has 23 heavy (non-hydrogen) atoms. The maximum Gasteiger partial charge on any atom is 0.251 e. The Balaban J connectivity index is 1.64. The van der Waals surface area contributed by atoms with Crippen LogP contribution >= 0.6 is 0 Å². The molecule has 6 heteroatoms. The highest BCUT2D eigenvalue weighted by Gasteiger charge is 2.33. The van der Waals surface area contributed by atoms with Crippen molar-refractivity contribution >= 4 is 5.91 Å². The maximum atomic E-state index is 12.5. The molecule has 1 N–H and O–H groups in total. The first-order valence-corrected chi connectivity index (χ1v) is 7.98. The number of hydrogen-bond acceptors (Lipinski definition) is 5. The molecule has 0 bridgehead atoms. The smallest absolute Gasteiger partial charge is 0.251 e. The highest BCUT2D eigenvalue weighted by Crippen LogP contribution is 2.33. The average Bonchev–Trinajstić information content (AvgIpc) is 3.00. The van der Waals surface area contributed by atoms with Gasteiger partial charge in [-0.05, 0) is 45.1 Å². The molecule has 6 nitrogen and oxygen atoms in total. The summed E-state index contributed by atoms with van der Waals surface area (Å²) in [5.41, 5.74) is 0.676. The van der Waals surface area contributed by atoms with Crippen molar-refractivity contribution in [3.8, 4) is 11.5 Å². The first-order chi connectivity index (χ1) is 11.1. The predicted molar refractivity (Wildman–Crippen MR) is 85.9 cm³/mol. The van der Waals surface area contributed by atoms with Crippen LogP contribution in [0.25, 0.3) is 0 Å². The number of ether oxygens (including phenoxy) is 3. The Hall–Kier alpha value is -1.79. The molecule has 0 spiro atoms. The zero-order valence-corrected chi connectivity index (χ0v) is 13.8. The third-order valence-corrected chi connectivity index (χ3v) is 4.46. The lowest BCUT2D eigenvalue weighted by Crippen LogP contribution is -2.47.